The van der Waals surface area contributed by atoms with Crippen molar-refractivity contribution in [1.29, 1.82) is 0 Å². The van der Waals surface area contributed by atoms with Crippen LogP contribution in [0.25, 0.3) is 11.9 Å². The zero-order chi connectivity index (χ0) is 22.0. The minimum atomic E-state index is -0.338. The van der Waals surface area contributed by atoms with Gasteiger partial charge < -0.3 is 9.80 Å². The van der Waals surface area contributed by atoms with E-state index in [-0.39, 0.29) is 11.7 Å². The lowest BCUT2D eigenvalue weighted by molar-refractivity contribution is -0.126. The van der Waals surface area contributed by atoms with Crippen molar-refractivity contribution in [2.24, 2.45) is 0 Å². The van der Waals surface area contributed by atoms with Crippen molar-refractivity contribution < 1.29 is 9.18 Å². The molecule has 0 radical (unpaired) electrons. The van der Waals surface area contributed by atoms with E-state index in [0.29, 0.717) is 37.6 Å². The molecular formula is C23H25FN6O. The largest absolute Gasteiger partial charge is 0.353 e. The van der Waals surface area contributed by atoms with E-state index in [0.717, 1.165) is 23.0 Å². The zero-order valence-electron chi connectivity index (χ0n) is 17.9. The Bertz CT molecular complexity index is 1130. The van der Waals surface area contributed by atoms with Gasteiger partial charge in [-0.3, -0.25) is 9.36 Å². The van der Waals surface area contributed by atoms with E-state index in [9.17, 15) is 9.18 Å². The first-order valence-electron chi connectivity index (χ1n) is 10.3. The Kier molecular flexibility index (Phi) is 5.79. The molecule has 0 bridgehead atoms. The number of hydrogen-bond donors (Lipinski definition) is 0. The summed E-state index contributed by atoms with van der Waals surface area (Å²) in [5, 5.41) is 0. The summed E-state index contributed by atoms with van der Waals surface area (Å²) in [6.45, 7) is 8.33. The Morgan fingerprint density at radius 3 is 2.42 bits per heavy atom. The number of carbonyl (C=O) groups is 1. The average Bonchev–Trinajstić information content (AvgIpc) is 3.11. The molecule has 1 saturated heterocycles. The fourth-order valence-electron chi connectivity index (χ4n) is 3.58. The molecule has 160 valence electrons. The number of nitrogens with zero attached hydrogens (tertiary/aromatic N) is 6. The monoisotopic (exact) mass is 420 g/mol. The lowest BCUT2D eigenvalue weighted by Crippen LogP contribution is -2.48. The molecule has 7 nitrogen and oxygen atoms in total. The number of piperazine rings is 1. The first kappa shape index (κ1) is 20.7. The van der Waals surface area contributed by atoms with Crippen molar-refractivity contribution in [3.8, 4) is 5.82 Å². The smallest absolute Gasteiger partial charge is 0.246 e. The van der Waals surface area contributed by atoms with E-state index in [1.54, 1.807) is 29.4 Å². The van der Waals surface area contributed by atoms with Gasteiger partial charge in [0.1, 0.15) is 29.6 Å². The maximum Gasteiger partial charge on any atom is 0.246 e. The number of imidazole rings is 1. The number of carbonyl (C=O) groups excluding carboxylic acids is 1. The van der Waals surface area contributed by atoms with Gasteiger partial charge in [-0.1, -0.05) is 18.2 Å². The number of benzene rings is 1. The average molecular weight is 420 g/mol. The third-order valence-electron chi connectivity index (χ3n) is 5.54. The molecule has 3 heterocycles. The number of anilines is 1. The first-order valence-corrected chi connectivity index (χ1v) is 10.3. The Balaban J connectivity index is 1.43. The number of aryl methyl sites for hydroxylation is 2. The minimum Gasteiger partial charge on any atom is -0.353 e. The molecule has 0 spiro atoms. The van der Waals surface area contributed by atoms with Crippen LogP contribution in [0.15, 0.2) is 42.7 Å². The molecule has 4 rings (SSSR count). The van der Waals surface area contributed by atoms with Crippen LogP contribution in [0.3, 0.4) is 0 Å². The fraction of sp³-hybridized carbons (Fsp3) is 0.304. The van der Waals surface area contributed by atoms with E-state index in [4.69, 9.17) is 0 Å². The second-order valence-electron chi connectivity index (χ2n) is 7.58. The first-order chi connectivity index (χ1) is 14.9. The lowest BCUT2D eigenvalue weighted by atomic mass is 10.2. The van der Waals surface area contributed by atoms with Gasteiger partial charge in [0.05, 0.1) is 5.69 Å². The maximum atomic E-state index is 13.7. The molecule has 31 heavy (non-hydrogen) atoms. The van der Waals surface area contributed by atoms with Crippen molar-refractivity contribution in [3.63, 3.8) is 0 Å². The highest BCUT2D eigenvalue weighted by Gasteiger charge is 2.22. The van der Waals surface area contributed by atoms with Crippen LogP contribution < -0.4 is 4.90 Å². The molecule has 3 aromatic rings. The summed E-state index contributed by atoms with van der Waals surface area (Å²) in [6.07, 6.45) is 4.74. The van der Waals surface area contributed by atoms with Crippen molar-refractivity contribution in [2.75, 3.05) is 31.1 Å². The van der Waals surface area contributed by atoms with Crippen LogP contribution in [0.5, 0.6) is 0 Å². The SMILES string of the molecule is Cc1nc(N2CCN(C(=O)/C=C/c3ccccc3F)CC2)cc(-n2cnc(C)c2C)n1. The normalized spacial score (nSPS) is 14.5. The van der Waals surface area contributed by atoms with Crippen LogP contribution in [0.4, 0.5) is 10.2 Å². The number of halogens is 1. The second-order valence-corrected chi connectivity index (χ2v) is 7.58. The van der Waals surface area contributed by atoms with Crippen LogP contribution >= 0.6 is 0 Å². The van der Waals surface area contributed by atoms with E-state index >= 15 is 0 Å². The van der Waals surface area contributed by atoms with Gasteiger partial charge in [0.2, 0.25) is 5.91 Å². The summed E-state index contributed by atoms with van der Waals surface area (Å²) < 4.78 is 15.7. The summed E-state index contributed by atoms with van der Waals surface area (Å²) in [4.78, 5) is 30.0. The van der Waals surface area contributed by atoms with Gasteiger partial charge >= 0.3 is 0 Å². The predicted molar refractivity (Wildman–Crippen MR) is 118 cm³/mol. The zero-order valence-corrected chi connectivity index (χ0v) is 17.9. The second kappa shape index (κ2) is 8.67. The summed E-state index contributed by atoms with van der Waals surface area (Å²) in [5.41, 5.74) is 2.41. The van der Waals surface area contributed by atoms with E-state index in [2.05, 4.69) is 19.9 Å². The lowest BCUT2D eigenvalue weighted by Gasteiger charge is -2.35. The number of rotatable bonds is 4. The standard InChI is InChI=1S/C23H25FN6O/c1-16-17(2)30(15-25-16)22-14-21(26-18(3)27-22)28-10-12-29(13-11-28)23(31)9-8-19-6-4-5-7-20(19)24/h4-9,14-15H,10-13H2,1-3H3/b9-8+. The molecule has 0 N–H and O–H groups in total. The highest BCUT2D eigenvalue weighted by molar-refractivity contribution is 5.92. The van der Waals surface area contributed by atoms with E-state index in [1.807, 2.05) is 31.4 Å². The molecule has 0 atom stereocenters. The molecule has 8 heteroatoms. The maximum absolute atomic E-state index is 13.7. The molecule has 1 aliphatic heterocycles. The summed E-state index contributed by atoms with van der Waals surface area (Å²) in [5.74, 6) is 1.85. The van der Waals surface area contributed by atoms with Crippen LogP contribution in [-0.2, 0) is 4.79 Å². The molecule has 1 fully saturated rings. The molecule has 0 unspecified atom stereocenters. The van der Waals surface area contributed by atoms with E-state index in [1.165, 1.54) is 18.2 Å². The minimum absolute atomic E-state index is 0.119. The van der Waals surface area contributed by atoms with Crippen LogP contribution in [-0.4, -0.2) is 56.5 Å². The number of aromatic nitrogens is 4. The highest BCUT2D eigenvalue weighted by atomic mass is 19.1. The molecule has 1 aliphatic rings. The molecule has 0 saturated carbocycles. The Morgan fingerprint density at radius 2 is 1.74 bits per heavy atom. The summed E-state index contributed by atoms with van der Waals surface area (Å²) in [6, 6.07) is 8.36. The molecule has 1 amide bonds. The summed E-state index contributed by atoms with van der Waals surface area (Å²) in [7, 11) is 0. The molecule has 2 aromatic heterocycles. The van der Waals surface area contributed by atoms with Gasteiger partial charge in [-0.25, -0.2) is 19.3 Å². The van der Waals surface area contributed by atoms with Crippen molar-refractivity contribution in [3.05, 3.63) is 71.3 Å². The van der Waals surface area contributed by atoms with Gasteiger partial charge in [-0.2, -0.15) is 0 Å². The van der Waals surface area contributed by atoms with Crippen LogP contribution in [0.1, 0.15) is 22.8 Å². The predicted octanol–water partition coefficient (Wildman–Crippen LogP) is 3.09. The molecule has 1 aromatic carbocycles. The highest BCUT2D eigenvalue weighted by Crippen LogP contribution is 2.20. The van der Waals surface area contributed by atoms with Gasteiger partial charge in [0, 0.05) is 49.6 Å². The van der Waals surface area contributed by atoms with Crippen molar-refractivity contribution >= 4 is 17.8 Å². The number of hydrogen-bond acceptors (Lipinski definition) is 5. The van der Waals surface area contributed by atoms with Gasteiger partial charge in [0.25, 0.3) is 0 Å². The molecular weight excluding hydrogens is 395 g/mol. The fourth-order valence-corrected chi connectivity index (χ4v) is 3.58. The van der Waals surface area contributed by atoms with Gasteiger partial charge in [-0.15, -0.1) is 0 Å². The van der Waals surface area contributed by atoms with Crippen molar-refractivity contribution in [2.45, 2.75) is 20.8 Å². The summed E-state index contributed by atoms with van der Waals surface area (Å²) >= 11 is 0. The van der Waals surface area contributed by atoms with Crippen LogP contribution in [0, 0.1) is 26.6 Å². The Morgan fingerprint density at radius 1 is 1.03 bits per heavy atom. The Hall–Kier alpha value is -3.55. The van der Waals surface area contributed by atoms with Gasteiger partial charge in [0.15, 0.2) is 0 Å². The Labute approximate surface area is 180 Å². The number of amides is 1. The third-order valence-corrected chi connectivity index (χ3v) is 5.54. The van der Waals surface area contributed by atoms with E-state index < -0.39 is 0 Å². The van der Waals surface area contributed by atoms with Crippen LogP contribution in [0.2, 0.25) is 0 Å². The molecule has 0 aliphatic carbocycles. The quantitative estimate of drug-likeness (QED) is 0.607. The van der Waals surface area contributed by atoms with Crippen molar-refractivity contribution in [1.82, 2.24) is 24.4 Å². The topological polar surface area (TPSA) is 67.2 Å². The third kappa shape index (κ3) is 4.47. The van der Waals surface area contributed by atoms with Gasteiger partial charge in [-0.05, 0) is 32.9 Å².